The van der Waals surface area contributed by atoms with Gasteiger partial charge in [-0.15, -0.1) is 0 Å². The normalized spacial score (nSPS) is 11.7. The van der Waals surface area contributed by atoms with Gasteiger partial charge in [-0.3, -0.25) is 0 Å². The van der Waals surface area contributed by atoms with Gasteiger partial charge in [-0.1, -0.05) is 36.4 Å². The number of aromatic nitrogens is 4. The molecule has 0 saturated heterocycles. The standard InChI is InChI=1S/C32H20F2N4/c1-17-15-24(26-12-8-20-4-6-22-10-14-28(34)38-32(22)30(20)36-26)18(2)16-23(17)25-11-7-19-3-5-21-9-13-27(33)37-31(21)29(19)35-25/h3-16H,1-2H3. The third-order valence-corrected chi connectivity index (χ3v) is 7.09. The molecule has 0 saturated carbocycles. The van der Waals surface area contributed by atoms with E-state index in [9.17, 15) is 8.78 Å². The number of halogens is 2. The molecule has 0 amide bonds. The summed E-state index contributed by atoms with van der Waals surface area (Å²) in [5.41, 5.74) is 8.04. The van der Waals surface area contributed by atoms with Gasteiger partial charge in [-0.05, 0) is 73.5 Å². The lowest BCUT2D eigenvalue weighted by Gasteiger charge is -2.14. The summed E-state index contributed by atoms with van der Waals surface area (Å²) in [4.78, 5) is 18.1. The van der Waals surface area contributed by atoms with Crippen LogP contribution in [-0.4, -0.2) is 19.9 Å². The Hall–Kier alpha value is -4.84. The van der Waals surface area contributed by atoms with Gasteiger partial charge in [0.2, 0.25) is 11.9 Å². The van der Waals surface area contributed by atoms with Crippen LogP contribution in [0.5, 0.6) is 0 Å². The highest BCUT2D eigenvalue weighted by atomic mass is 19.1. The van der Waals surface area contributed by atoms with Crippen LogP contribution >= 0.6 is 0 Å². The van der Waals surface area contributed by atoms with E-state index in [4.69, 9.17) is 9.97 Å². The van der Waals surface area contributed by atoms with Gasteiger partial charge in [-0.25, -0.2) is 19.9 Å². The predicted molar refractivity (Wildman–Crippen MR) is 148 cm³/mol. The highest BCUT2D eigenvalue weighted by Crippen LogP contribution is 2.34. The number of pyridine rings is 4. The minimum absolute atomic E-state index is 0.526. The predicted octanol–water partition coefficient (Wildman–Crippen LogP) is 8.11. The fraction of sp³-hybridized carbons (Fsp3) is 0.0625. The van der Waals surface area contributed by atoms with E-state index >= 15 is 0 Å². The molecule has 0 bridgehead atoms. The van der Waals surface area contributed by atoms with Crippen molar-refractivity contribution in [3.8, 4) is 22.5 Å². The number of hydrogen-bond acceptors (Lipinski definition) is 4. The molecule has 7 rings (SSSR count). The third-order valence-electron chi connectivity index (χ3n) is 7.09. The van der Waals surface area contributed by atoms with Crippen LogP contribution in [0.25, 0.3) is 66.1 Å². The average molecular weight is 499 g/mol. The van der Waals surface area contributed by atoms with Crippen molar-refractivity contribution in [2.75, 3.05) is 0 Å². The molecule has 0 N–H and O–H groups in total. The lowest BCUT2D eigenvalue weighted by atomic mass is 9.95. The van der Waals surface area contributed by atoms with Crippen LogP contribution in [-0.2, 0) is 0 Å². The molecule has 4 nitrogen and oxygen atoms in total. The average Bonchev–Trinajstić information content (AvgIpc) is 2.93. The van der Waals surface area contributed by atoms with Crippen molar-refractivity contribution >= 4 is 43.6 Å². The van der Waals surface area contributed by atoms with E-state index in [0.29, 0.717) is 22.1 Å². The SMILES string of the molecule is Cc1cc(-c2ccc3ccc4ccc(F)nc4c3n2)c(C)cc1-c1ccc2ccc3ccc(F)nc3c2n1. The van der Waals surface area contributed by atoms with Gasteiger partial charge in [0.25, 0.3) is 0 Å². The Morgan fingerprint density at radius 2 is 0.737 bits per heavy atom. The van der Waals surface area contributed by atoms with Gasteiger partial charge in [-0.2, -0.15) is 8.78 Å². The van der Waals surface area contributed by atoms with Crippen LogP contribution in [0, 0.1) is 25.7 Å². The van der Waals surface area contributed by atoms with Crippen LogP contribution in [0.3, 0.4) is 0 Å². The zero-order chi connectivity index (χ0) is 26.0. The third kappa shape index (κ3) is 3.57. The molecule has 4 heterocycles. The molecule has 0 atom stereocenters. The first-order chi connectivity index (χ1) is 18.4. The first kappa shape index (κ1) is 22.4. The van der Waals surface area contributed by atoms with Crippen LogP contribution in [0.1, 0.15) is 11.1 Å². The first-order valence-corrected chi connectivity index (χ1v) is 12.3. The quantitative estimate of drug-likeness (QED) is 0.178. The number of rotatable bonds is 2. The maximum Gasteiger partial charge on any atom is 0.213 e. The molecular weight excluding hydrogens is 478 g/mol. The molecule has 3 aromatic carbocycles. The van der Waals surface area contributed by atoms with E-state index in [-0.39, 0.29) is 0 Å². The van der Waals surface area contributed by atoms with Crippen LogP contribution in [0.4, 0.5) is 8.78 Å². The molecule has 0 fully saturated rings. The Labute approximate surface area is 216 Å². The van der Waals surface area contributed by atoms with Crippen LogP contribution in [0.2, 0.25) is 0 Å². The minimum Gasteiger partial charge on any atom is -0.245 e. The van der Waals surface area contributed by atoms with Crippen molar-refractivity contribution < 1.29 is 8.78 Å². The number of benzene rings is 3. The number of hydrogen-bond donors (Lipinski definition) is 0. The maximum absolute atomic E-state index is 13.9. The molecule has 0 unspecified atom stereocenters. The topological polar surface area (TPSA) is 51.6 Å². The summed E-state index contributed by atoms with van der Waals surface area (Å²) >= 11 is 0. The fourth-order valence-corrected chi connectivity index (χ4v) is 5.16. The molecule has 0 aliphatic carbocycles. The molecule has 6 heteroatoms. The van der Waals surface area contributed by atoms with Crippen molar-refractivity contribution in [2.45, 2.75) is 13.8 Å². The van der Waals surface area contributed by atoms with Gasteiger partial charge in [0, 0.05) is 32.7 Å². The smallest absolute Gasteiger partial charge is 0.213 e. The second-order valence-electron chi connectivity index (χ2n) is 9.56. The number of aryl methyl sites for hydroxylation is 2. The second-order valence-corrected chi connectivity index (χ2v) is 9.56. The number of fused-ring (bicyclic) bond motifs is 6. The summed E-state index contributed by atoms with van der Waals surface area (Å²) in [5, 5.41) is 3.50. The number of nitrogens with zero attached hydrogens (tertiary/aromatic N) is 4. The van der Waals surface area contributed by atoms with Gasteiger partial charge < -0.3 is 0 Å². The summed E-state index contributed by atoms with van der Waals surface area (Å²) in [7, 11) is 0. The van der Waals surface area contributed by atoms with Gasteiger partial charge >= 0.3 is 0 Å². The summed E-state index contributed by atoms with van der Waals surface area (Å²) in [6, 6.07) is 26.1. The van der Waals surface area contributed by atoms with Crippen molar-refractivity contribution in [2.24, 2.45) is 0 Å². The zero-order valence-corrected chi connectivity index (χ0v) is 20.6. The first-order valence-electron chi connectivity index (χ1n) is 12.3. The Balaban J connectivity index is 1.38. The molecule has 38 heavy (non-hydrogen) atoms. The van der Waals surface area contributed by atoms with Crippen molar-refractivity contribution in [3.63, 3.8) is 0 Å². The summed E-state index contributed by atoms with van der Waals surface area (Å²) in [6.07, 6.45) is 0. The molecule has 0 aliphatic heterocycles. The minimum atomic E-state index is -0.526. The van der Waals surface area contributed by atoms with E-state index in [1.807, 2.05) is 62.4 Å². The largest absolute Gasteiger partial charge is 0.245 e. The molecular formula is C32H20F2N4. The fourth-order valence-electron chi connectivity index (χ4n) is 5.16. The van der Waals surface area contributed by atoms with Crippen molar-refractivity contribution in [1.82, 2.24) is 19.9 Å². The van der Waals surface area contributed by atoms with Gasteiger partial charge in [0.15, 0.2) is 0 Å². The van der Waals surface area contributed by atoms with Gasteiger partial charge in [0.1, 0.15) is 0 Å². The lowest BCUT2D eigenvalue weighted by Crippen LogP contribution is -1.95. The Morgan fingerprint density at radius 1 is 0.421 bits per heavy atom. The Bertz CT molecular complexity index is 1930. The maximum atomic E-state index is 13.9. The van der Waals surface area contributed by atoms with E-state index in [0.717, 1.165) is 55.2 Å². The van der Waals surface area contributed by atoms with E-state index < -0.39 is 11.9 Å². The highest BCUT2D eigenvalue weighted by Gasteiger charge is 2.14. The molecule has 0 aliphatic rings. The summed E-state index contributed by atoms with van der Waals surface area (Å²) in [5.74, 6) is -1.05. The molecule has 0 spiro atoms. The lowest BCUT2D eigenvalue weighted by molar-refractivity contribution is 0.589. The Kier molecular flexibility index (Phi) is 4.91. The van der Waals surface area contributed by atoms with E-state index in [1.165, 1.54) is 12.1 Å². The van der Waals surface area contributed by atoms with Crippen LogP contribution in [0.15, 0.2) is 84.9 Å². The summed E-state index contributed by atoms with van der Waals surface area (Å²) in [6.45, 7) is 4.08. The molecule has 182 valence electrons. The zero-order valence-electron chi connectivity index (χ0n) is 20.6. The monoisotopic (exact) mass is 498 g/mol. The Morgan fingerprint density at radius 3 is 1.13 bits per heavy atom. The van der Waals surface area contributed by atoms with Gasteiger partial charge in [0.05, 0.1) is 33.5 Å². The van der Waals surface area contributed by atoms with E-state index in [2.05, 4.69) is 22.1 Å². The van der Waals surface area contributed by atoms with Crippen molar-refractivity contribution in [1.29, 1.82) is 0 Å². The second kappa shape index (κ2) is 8.35. The van der Waals surface area contributed by atoms with E-state index in [1.54, 1.807) is 12.1 Å². The van der Waals surface area contributed by atoms with Crippen molar-refractivity contribution in [3.05, 3.63) is 108 Å². The highest BCUT2D eigenvalue weighted by molar-refractivity contribution is 6.04. The van der Waals surface area contributed by atoms with Crippen LogP contribution < -0.4 is 0 Å². The molecule has 7 aromatic rings. The molecule has 4 aromatic heterocycles. The molecule has 0 radical (unpaired) electrons. The summed E-state index contributed by atoms with van der Waals surface area (Å²) < 4.78 is 27.9.